The Morgan fingerprint density at radius 2 is 1.21 bits per heavy atom. The molecule has 5 heteroatoms. The zero-order valence-electron chi connectivity index (χ0n) is 17.7. The topological polar surface area (TPSA) is 47.9 Å². The summed E-state index contributed by atoms with van der Waals surface area (Å²) < 4.78 is 6.20. The SMILES string of the molecule is c1ccc(B2c3ccccc3C3(c4cnccc42)c2cccnc2Oc2ncccc23)cc1. The Morgan fingerprint density at radius 1 is 0.576 bits per heavy atom. The van der Waals surface area contributed by atoms with E-state index in [1.54, 1.807) is 12.4 Å². The molecule has 0 saturated heterocycles. The van der Waals surface area contributed by atoms with E-state index in [2.05, 4.69) is 87.7 Å². The lowest BCUT2D eigenvalue weighted by atomic mass is 9.31. The van der Waals surface area contributed by atoms with Gasteiger partial charge in [-0.05, 0) is 29.3 Å². The van der Waals surface area contributed by atoms with Crippen LogP contribution in [0, 0.1) is 0 Å². The van der Waals surface area contributed by atoms with Gasteiger partial charge in [0, 0.05) is 35.9 Å². The number of ether oxygens (including phenoxy) is 1. The molecule has 0 fully saturated rings. The van der Waals surface area contributed by atoms with Crippen LogP contribution in [0.2, 0.25) is 0 Å². The summed E-state index contributed by atoms with van der Waals surface area (Å²) >= 11 is 0. The lowest BCUT2D eigenvalue weighted by Crippen LogP contribution is -2.62. The molecule has 0 atom stereocenters. The third-order valence-electron chi connectivity index (χ3n) is 6.92. The summed E-state index contributed by atoms with van der Waals surface area (Å²) in [4.78, 5) is 13.8. The van der Waals surface area contributed by atoms with Crippen molar-refractivity contribution in [1.29, 1.82) is 0 Å². The maximum absolute atomic E-state index is 6.20. The van der Waals surface area contributed by atoms with Gasteiger partial charge in [0.2, 0.25) is 18.5 Å². The van der Waals surface area contributed by atoms with Gasteiger partial charge in [-0.25, -0.2) is 9.97 Å². The van der Waals surface area contributed by atoms with Crippen LogP contribution in [0.5, 0.6) is 11.8 Å². The molecule has 2 aromatic carbocycles. The Balaban J connectivity index is 1.67. The van der Waals surface area contributed by atoms with Crippen molar-refractivity contribution < 1.29 is 4.74 Å². The Hall–Kier alpha value is -4.25. The first-order valence-electron chi connectivity index (χ1n) is 11.1. The van der Waals surface area contributed by atoms with Crippen LogP contribution in [0.25, 0.3) is 0 Å². The molecule has 2 aliphatic heterocycles. The highest BCUT2D eigenvalue weighted by atomic mass is 16.5. The number of benzene rings is 2. The quantitative estimate of drug-likeness (QED) is 0.381. The maximum atomic E-state index is 6.20. The zero-order chi connectivity index (χ0) is 21.8. The second-order valence-corrected chi connectivity index (χ2v) is 8.46. The molecule has 33 heavy (non-hydrogen) atoms. The van der Waals surface area contributed by atoms with E-state index >= 15 is 0 Å². The fraction of sp³-hybridized carbons (Fsp3) is 0.0357. The molecule has 0 N–H and O–H groups in total. The van der Waals surface area contributed by atoms with Gasteiger partial charge in [-0.15, -0.1) is 0 Å². The number of pyridine rings is 3. The monoisotopic (exact) mass is 423 g/mol. The van der Waals surface area contributed by atoms with Gasteiger partial charge in [-0.2, -0.15) is 0 Å². The van der Waals surface area contributed by atoms with E-state index < -0.39 is 5.41 Å². The van der Waals surface area contributed by atoms with Gasteiger partial charge in [-0.1, -0.05) is 83.1 Å². The minimum atomic E-state index is -0.614. The number of aromatic nitrogens is 3. The molecule has 0 unspecified atom stereocenters. The third kappa shape index (κ3) is 2.39. The molecule has 154 valence electrons. The summed E-state index contributed by atoms with van der Waals surface area (Å²) in [7, 11) is 0. The number of hydrogen-bond donors (Lipinski definition) is 0. The molecular weight excluding hydrogens is 405 g/mol. The number of nitrogens with zero attached hydrogens (tertiary/aromatic N) is 3. The summed E-state index contributed by atoms with van der Waals surface area (Å²) in [5, 5.41) is 0. The van der Waals surface area contributed by atoms with E-state index in [1.807, 2.05) is 24.5 Å². The first-order valence-corrected chi connectivity index (χ1v) is 11.1. The molecule has 3 aromatic heterocycles. The number of fused-ring (bicyclic) bond motifs is 8. The molecule has 5 heterocycles. The van der Waals surface area contributed by atoms with E-state index in [9.17, 15) is 0 Å². The zero-order valence-corrected chi connectivity index (χ0v) is 17.7. The molecule has 0 aliphatic carbocycles. The van der Waals surface area contributed by atoms with Gasteiger partial charge in [0.15, 0.2) is 0 Å². The maximum Gasteiger partial charge on any atom is 0.242 e. The van der Waals surface area contributed by atoms with Gasteiger partial charge in [0.05, 0.1) is 5.41 Å². The standard InChI is InChI=1S/C28H18BN3O/c1-2-8-19(9-3-1)29-24-13-5-4-10-20(24)28(23-18-30-17-14-25(23)29)21-11-6-15-31-26(21)33-27-22(28)12-7-16-32-27/h1-18H. The molecule has 4 nitrogen and oxygen atoms in total. The Bertz CT molecular complexity index is 1420. The lowest BCUT2D eigenvalue weighted by molar-refractivity contribution is 0.400. The smallest absolute Gasteiger partial charge is 0.242 e. The van der Waals surface area contributed by atoms with Crippen molar-refractivity contribution in [3.05, 3.63) is 132 Å². The van der Waals surface area contributed by atoms with Crippen molar-refractivity contribution in [3.63, 3.8) is 0 Å². The van der Waals surface area contributed by atoms with Crippen LogP contribution >= 0.6 is 0 Å². The summed E-state index contributed by atoms with van der Waals surface area (Å²) in [6.07, 6.45) is 7.45. The minimum absolute atomic E-state index is 0.106. The van der Waals surface area contributed by atoms with Gasteiger partial charge >= 0.3 is 0 Å². The lowest BCUT2D eigenvalue weighted by Gasteiger charge is -2.45. The summed E-state index contributed by atoms with van der Waals surface area (Å²) in [6.45, 7) is 0.106. The van der Waals surface area contributed by atoms with Crippen LogP contribution in [0.3, 0.4) is 0 Å². The van der Waals surface area contributed by atoms with Gasteiger partial charge in [0.25, 0.3) is 0 Å². The van der Waals surface area contributed by atoms with Crippen molar-refractivity contribution in [1.82, 2.24) is 15.0 Å². The normalized spacial score (nSPS) is 14.5. The van der Waals surface area contributed by atoms with Crippen molar-refractivity contribution in [2.75, 3.05) is 0 Å². The summed E-state index contributed by atoms with van der Waals surface area (Å²) in [6, 6.07) is 29.8. The second kappa shape index (κ2) is 6.88. The number of rotatable bonds is 1. The molecule has 0 radical (unpaired) electrons. The Labute approximate surface area is 192 Å². The molecule has 7 rings (SSSR count). The van der Waals surface area contributed by atoms with E-state index in [0.717, 1.165) is 16.7 Å². The molecule has 5 aromatic rings. The summed E-state index contributed by atoms with van der Waals surface area (Å²) in [5.74, 6) is 1.18. The fourth-order valence-electron chi connectivity index (χ4n) is 5.71. The van der Waals surface area contributed by atoms with Crippen LogP contribution in [0.15, 0.2) is 110 Å². The molecule has 0 saturated carbocycles. The Kier molecular flexibility index (Phi) is 3.82. The fourth-order valence-corrected chi connectivity index (χ4v) is 5.71. The van der Waals surface area contributed by atoms with Crippen LogP contribution in [-0.2, 0) is 5.41 Å². The predicted molar refractivity (Wildman–Crippen MR) is 129 cm³/mol. The largest absolute Gasteiger partial charge is 0.420 e. The van der Waals surface area contributed by atoms with Crippen molar-refractivity contribution >= 4 is 23.1 Å². The van der Waals surface area contributed by atoms with E-state index in [1.165, 1.54) is 22.0 Å². The third-order valence-corrected chi connectivity index (χ3v) is 6.92. The van der Waals surface area contributed by atoms with E-state index in [0.29, 0.717) is 11.8 Å². The number of hydrogen-bond acceptors (Lipinski definition) is 4. The average Bonchev–Trinajstić information content (AvgIpc) is 2.89. The first kappa shape index (κ1) is 18.3. The highest BCUT2D eigenvalue weighted by Crippen LogP contribution is 2.53. The van der Waals surface area contributed by atoms with E-state index in [4.69, 9.17) is 4.74 Å². The molecular formula is C28H18BN3O. The van der Waals surface area contributed by atoms with Gasteiger partial charge < -0.3 is 4.74 Å². The van der Waals surface area contributed by atoms with Gasteiger partial charge in [-0.3, -0.25) is 4.98 Å². The highest BCUT2D eigenvalue weighted by molar-refractivity contribution is 6.96. The predicted octanol–water partition coefficient (Wildman–Crippen LogP) is 3.19. The Morgan fingerprint density at radius 3 is 1.97 bits per heavy atom. The first-order chi connectivity index (χ1) is 16.4. The van der Waals surface area contributed by atoms with Crippen molar-refractivity contribution in [2.45, 2.75) is 5.41 Å². The minimum Gasteiger partial charge on any atom is -0.420 e. The van der Waals surface area contributed by atoms with Crippen molar-refractivity contribution in [3.8, 4) is 11.8 Å². The van der Waals surface area contributed by atoms with Crippen LogP contribution in [-0.4, -0.2) is 21.7 Å². The second-order valence-electron chi connectivity index (χ2n) is 8.46. The molecule has 2 aliphatic rings. The average molecular weight is 423 g/mol. The van der Waals surface area contributed by atoms with Crippen LogP contribution in [0.1, 0.15) is 22.3 Å². The van der Waals surface area contributed by atoms with Crippen LogP contribution < -0.4 is 21.1 Å². The van der Waals surface area contributed by atoms with Crippen molar-refractivity contribution in [2.24, 2.45) is 0 Å². The van der Waals surface area contributed by atoms with E-state index in [-0.39, 0.29) is 6.71 Å². The molecule has 0 amide bonds. The highest BCUT2D eigenvalue weighted by Gasteiger charge is 2.52. The van der Waals surface area contributed by atoms with Crippen LogP contribution in [0.4, 0.5) is 0 Å². The summed E-state index contributed by atoms with van der Waals surface area (Å²) in [5.41, 5.74) is 7.54. The molecule has 1 spiro atoms. The van der Waals surface area contributed by atoms with Gasteiger partial charge in [0.1, 0.15) is 0 Å². The molecule has 0 bridgehead atoms.